The maximum Gasteiger partial charge on any atom is 0.310 e. The van der Waals surface area contributed by atoms with Crippen LogP contribution < -0.4 is 5.32 Å². The molecule has 0 aromatic rings. The molecule has 16 heavy (non-hydrogen) atoms. The van der Waals surface area contributed by atoms with E-state index in [0.29, 0.717) is 0 Å². The van der Waals surface area contributed by atoms with Crippen LogP contribution in [0.25, 0.3) is 0 Å². The molecule has 5 nitrogen and oxygen atoms in total. The van der Waals surface area contributed by atoms with Crippen molar-refractivity contribution in [2.75, 3.05) is 26.7 Å². The SMILES string of the molecule is CN1CCC(C(=O)NCC(C)(C)C(=O)O)C1. The monoisotopic (exact) mass is 228 g/mol. The Morgan fingerprint density at radius 3 is 2.56 bits per heavy atom. The third-order valence-corrected chi connectivity index (χ3v) is 3.05. The number of carboxylic acid groups (broad SMARTS) is 1. The molecule has 1 heterocycles. The minimum absolute atomic E-state index is 0.00888. The molecule has 5 heteroatoms. The fraction of sp³-hybridized carbons (Fsp3) is 0.818. The number of likely N-dealkylation sites (tertiary alicyclic amines) is 1. The van der Waals surface area contributed by atoms with Crippen molar-refractivity contribution in [3.63, 3.8) is 0 Å². The van der Waals surface area contributed by atoms with Gasteiger partial charge in [-0.3, -0.25) is 9.59 Å². The summed E-state index contributed by atoms with van der Waals surface area (Å²) in [4.78, 5) is 24.7. The Bertz CT molecular complexity index is 289. The van der Waals surface area contributed by atoms with Gasteiger partial charge in [0.15, 0.2) is 0 Å². The lowest BCUT2D eigenvalue weighted by Gasteiger charge is -2.20. The third-order valence-electron chi connectivity index (χ3n) is 3.05. The Hall–Kier alpha value is -1.10. The van der Waals surface area contributed by atoms with E-state index in [1.165, 1.54) is 0 Å². The van der Waals surface area contributed by atoms with Crippen molar-refractivity contribution >= 4 is 11.9 Å². The number of nitrogens with zero attached hydrogens (tertiary/aromatic N) is 1. The number of nitrogens with one attached hydrogen (secondary N) is 1. The molecule has 1 rings (SSSR count). The van der Waals surface area contributed by atoms with Gasteiger partial charge in [-0.05, 0) is 33.9 Å². The maximum atomic E-state index is 11.7. The second-order valence-corrected chi connectivity index (χ2v) is 5.15. The summed E-state index contributed by atoms with van der Waals surface area (Å²) >= 11 is 0. The largest absolute Gasteiger partial charge is 0.481 e. The predicted molar refractivity (Wildman–Crippen MR) is 60.0 cm³/mol. The van der Waals surface area contributed by atoms with Gasteiger partial charge in [0.25, 0.3) is 0 Å². The molecule has 0 spiro atoms. The van der Waals surface area contributed by atoms with Crippen molar-refractivity contribution in [3.05, 3.63) is 0 Å². The van der Waals surface area contributed by atoms with Crippen LogP contribution in [-0.2, 0) is 9.59 Å². The molecule has 1 unspecified atom stereocenters. The van der Waals surface area contributed by atoms with Crippen molar-refractivity contribution in [1.82, 2.24) is 10.2 Å². The molecular formula is C11H20N2O3. The van der Waals surface area contributed by atoms with Crippen molar-refractivity contribution < 1.29 is 14.7 Å². The van der Waals surface area contributed by atoms with Gasteiger partial charge >= 0.3 is 5.97 Å². The van der Waals surface area contributed by atoms with Gasteiger partial charge in [0.05, 0.1) is 11.3 Å². The lowest BCUT2D eigenvalue weighted by atomic mass is 9.93. The summed E-state index contributed by atoms with van der Waals surface area (Å²) in [7, 11) is 1.98. The van der Waals surface area contributed by atoms with Gasteiger partial charge in [0.1, 0.15) is 0 Å². The topological polar surface area (TPSA) is 69.6 Å². The average molecular weight is 228 g/mol. The summed E-state index contributed by atoms with van der Waals surface area (Å²) in [6, 6.07) is 0. The first kappa shape index (κ1) is 13.0. The molecule has 0 saturated carbocycles. The Labute approximate surface area is 95.8 Å². The Morgan fingerprint density at radius 2 is 2.12 bits per heavy atom. The molecule has 92 valence electrons. The van der Waals surface area contributed by atoms with Gasteiger partial charge in [-0.15, -0.1) is 0 Å². The van der Waals surface area contributed by atoms with Crippen molar-refractivity contribution in [2.24, 2.45) is 11.3 Å². The highest BCUT2D eigenvalue weighted by atomic mass is 16.4. The summed E-state index contributed by atoms with van der Waals surface area (Å²) in [5, 5.41) is 11.6. The zero-order chi connectivity index (χ0) is 12.3. The van der Waals surface area contributed by atoms with Crippen LogP contribution in [0.4, 0.5) is 0 Å². The lowest BCUT2D eigenvalue weighted by molar-refractivity contribution is -0.146. The van der Waals surface area contributed by atoms with E-state index in [4.69, 9.17) is 5.11 Å². The Balaban J connectivity index is 2.38. The molecule has 1 saturated heterocycles. The van der Waals surface area contributed by atoms with Crippen LogP contribution in [0.1, 0.15) is 20.3 Å². The number of rotatable bonds is 4. The highest BCUT2D eigenvalue weighted by Gasteiger charge is 2.30. The molecule has 1 atom stereocenters. The van der Waals surface area contributed by atoms with Crippen LogP contribution in [0.2, 0.25) is 0 Å². The van der Waals surface area contributed by atoms with Crippen LogP contribution in [0.3, 0.4) is 0 Å². The summed E-state index contributed by atoms with van der Waals surface area (Å²) in [5.74, 6) is -0.912. The summed E-state index contributed by atoms with van der Waals surface area (Å²) < 4.78 is 0. The summed E-state index contributed by atoms with van der Waals surface area (Å²) in [6.07, 6.45) is 0.857. The molecule has 0 aromatic heterocycles. The fourth-order valence-corrected chi connectivity index (χ4v) is 1.68. The van der Waals surface area contributed by atoms with E-state index in [1.54, 1.807) is 13.8 Å². The van der Waals surface area contributed by atoms with E-state index in [-0.39, 0.29) is 18.4 Å². The highest BCUT2D eigenvalue weighted by Crippen LogP contribution is 2.16. The average Bonchev–Trinajstić information content (AvgIpc) is 2.61. The first-order chi connectivity index (χ1) is 7.33. The normalized spacial score (nSPS) is 22.1. The van der Waals surface area contributed by atoms with Crippen LogP contribution in [0.15, 0.2) is 0 Å². The smallest absolute Gasteiger partial charge is 0.310 e. The van der Waals surface area contributed by atoms with E-state index in [1.807, 2.05) is 7.05 Å². The summed E-state index contributed by atoms with van der Waals surface area (Å²) in [6.45, 7) is 5.09. The first-order valence-electron chi connectivity index (χ1n) is 5.52. The van der Waals surface area contributed by atoms with Crippen molar-refractivity contribution in [1.29, 1.82) is 0 Å². The van der Waals surface area contributed by atoms with Crippen LogP contribution in [0.5, 0.6) is 0 Å². The molecule has 0 radical (unpaired) electrons. The number of hydrogen-bond acceptors (Lipinski definition) is 3. The molecule has 1 fully saturated rings. The minimum Gasteiger partial charge on any atom is -0.481 e. The summed E-state index contributed by atoms with van der Waals surface area (Å²) in [5.41, 5.74) is -0.903. The van der Waals surface area contributed by atoms with Gasteiger partial charge < -0.3 is 15.3 Å². The maximum absolute atomic E-state index is 11.7. The molecule has 1 aliphatic heterocycles. The van der Waals surface area contributed by atoms with Crippen LogP contribution >= 0.6 is 0 Å². The van der Waals surface area contributed by atoms with Gasteiger partial charge in [-0.25, -0.2) is 0 Å². The van der Waals surface area contributed by atoms with E-state index >= 15 is 0 Å². The molecule has 2 N–H and O–H groups in total. The lowest BCUT2D eigenvalue weighted by Crippen LogP contribution is -2.41. The minimum atomic E-state index is -0.903. The fourth-order valence-electron chi connectivity index (χ4n) is 1.68. The van der Waals surface area contributed by atoms with Gasteiger partial charge in [-0.1, -0.05) is 0 Å². The number of aliphatic carboxylic acids is 1. The number of carbonyl (C=O) groups is 2. The van der Waals surface area contributed by atoms with Gasteiger partial charge in [-0.2, -0.15) is 0 Å². The third kappa shape index (κ3) is 3.20. The molecular weight excluding hydrogens is 208 g/mol. The van der Waals surface area contributed by atoms with Gasteiger partial charge in [0.2, 0.25) is 5.91 Å². The van der Waals surface area contributed by atoms with Crippen molar-refractivity contribution in [2.45, 2.75) is 20.3 Å². The second-order valence-electron chi connectivity index (χ2n) is 5.15. The van der Waals surface area contributed by atoms with Crippen LogP contribution in [0, 0.1) is 11.3 Å². The zero-order valence-corrected chi connectivity index (χ0v) is 10.1. The molecule has 1 amide bonds. The number of carboxylic acids is 1. The molecule has 0 bridgehead atoms. The molecule has 0 aliphatic carbocycles. The van der Waals surface area contributed by atoms with Crippen LogP contribution in [-0.4, -0.2) is 48.6 Å². The van der Waals surface area contributed by atoms with Gasteiger partial charge in [0, 0.05) is 13.1 Å². The molecule has 0 aromatic carbocycles. The van der Waals surface area contributed by atoms with E-state index in [9.17, 15) is 9.59 Å². The quantitative estimate of drug-likeness (QED) is 0.719. The Kier molecular flexibility index (Phi) is 3.91. The van der Waals surface area contributed by atoms with Crippen molar-refractivity contribution in [3.8, 4) is 0 Å². The second kappa shape index (κ2) is 4.82. The number of hydrogen-bond donors (Lipinski definition) is 2. The highest BCUT2D eigenvalue weighted by molar-refractivity contribution is 5.80. The predicted octanol–water partition coefficient (Wildman–Crippen LogP) is 0.165. The zero-order valence-electron chi connectivity index (χ0n) is 10.1. The standard InChI is InChI=1S/C11H20N2O3/c1-11(2,10(15)16)7-12-9(14)8-4-5-13(3)6-8/h8H,4-7H2,1-3H3,(H,12,14)(H,15,16). The Morgan fingerprint density at radius 1 is 1.50 bits per heavy atom. The van der Waals surface area contributed by atoms with E-state index in [2.05, 4.69) is 10.2 Å². The number of carbonyl (C=O) groups excluding carboxylic acids is 1. The van der Waals surface area contributed by atoms with E-state index in [0.717, 1.165) is 19.5 Å². The molecule has 1 aliphatic rings. The number of amides is 1. The van der Waals surface area contributed by atoms with E-state index < -0.39 is 11.4 Å². The first-order valence-corrected chi connectivity index (χ1v) is 5.52.